The van der Waals surface area contributed by atoms with Crippen molar-refractivity contribution < 1.29 is 9.53 Å². The summed E-state index contributed by atoms with van der Waals surface area (Å²) < 4.78 is 6.83. The van der Waals surface area contributed by atoms with Crippen LogP contribution in [0.25, 0.3) is 10.9 Å². The Hall–Kier alpha value is -1.77. The van der Waals surface area contributed by atoms with Gasteiger partial charge >= 0.3 is 5.97 Å². The second-order valence-corrected chi connectivity index (χ2v) is 4.23. The minimum absolute atomic E-state index is 0.189. The van der Waals surface area contributed by atoms with E-state index >= 15 is 0 Å². The lowest BCUT2D eigenvalue weighted by Crippen LogP contribution is -2.19. The van der Waals surface area contributed by atoms with Gasteiger partial charge in [0.25, 0.3) is 0 Å². The first-order valence-electron chi connectivity index (χ1n) is 5.82. The molecule has 1 aromatic heterocycles. The molecular weight excluding hydrogens is 214 g/mol. The van der Waals surface area contributed by atoms with Gasteiger partial charge in [-0.25, -0.2) is 4.79 Å². The van der Waals surface area contributed by atoms with Crippen LogP contribution in [-0.4, -0.2) is 17.6 Å². The zero-order valence-electron chi connectivity index (χ0n) is 10.4. The molecule has 0 aliphatic rings. The number of carbonyl (C=O) groups excluding carboxylic acids is 1. The van der Waals surface area contributed by atoms with Gasteiger partial charge in [0.2, 0.25) is 0 Å². The standard InChI is InChI=1S/C14H17NO2/c1-4-12(14(16)17-3)15-8-7-11-9-10(2)5-6-13(11)15/h5-9,12H,4H2,1-3H3. The number of rotatable bonds is 3. The van der Waals surface area contributed by atoms with Gasteiger partial charge in [-0.1, -0.05) is 18.6 Å². The number of fused-ring (bicyclic) bond motifs is 1. The lowest BCUT2D eigenvalue weighted by Gasteiger charge is -2.15. The lowest BCUT2D eigenvalue weighted by atomic mass is 10.1. The highest BCUT2D eigenvalue weighted by Gasteiger charge is 2.19. The summed E-state index contributed by atoms with van der Waals surface area (Å²) in [6.45, 7) is 4.05. The molecule has 3 nitrogen and oxygen atoms in total. The van der Waals surface area contributed by atoms with Crippen LogP contribution < -0.4 is 0 Å². The third-order valence-corrected chi connectivity index (χ3v) is 3.07. The molecule has 0 bridgehead atoms. The molecule has 0 saturated carbocycles. The van der Waals surface area contributed by atoms with Gasteiger partial charge in [-0.3, -0.25) is 0 Å². The topological polar surface area (TPSA) is 31.2 Å². The zero-order chi connectivity index (χ0) is 12.4. The van der Waals surface area contributed by atoms with E-state index in [9.17, 15) is 4.79 Å². The van der Waals surface area contributed by atoms with Crippen LogP contribution in [0.2, 0.25) is 0 Å². The summed E-state index contributed by atoms with van der Waals surface area (Å²) in [5, 5.41) is 1.16. The number of benzene rings is 1. The summed E-state index contributed by atoms with van der Waals surface area (Å²) in [4.78, 5) is 11.7. The SMILES string of the molecule is CCC(C(=O)OC)n1ccc2cc(C)ccc21. The molecule has 0 radical (unpaired) electrons. The molecule has 17 heavy (non-hydrogen) atoms. The van der Waals surface area contributed by atoms with Crippen molar-refractivity contribution in [3.8, 4) is 0 Å². The Morgan fingerprint density at radius 3 is 2.82 bits per heavy atom. The molecule has 3 heteroatoms. The summed E-state index contributed by atoms with van der Waals surface area (Å²) in [7, 11) is 1.43. The van der Waals surface area contributed by atoms with Gasteiger partial charge in [0.1, 0.15) is 6.04 Å². The van der Waals surface area contributed by atoms with Crippen LogP contribution >= 0.6 is 0 Å². The van der Waals surface area contributed by atoms with Crippen LogP contribution in [0, 0.1) is 6.92 Å². The van der Waals surface area contributed by atoms with E-state index in [4.69, 9.17) is 4.74 Å². The second kappa shape index (κ2) is 4.62. The molecule has 1 atom stereocenters. The first-order valence-corrected chi connectivity index (χ1v) is 5.82. The Bertz CT molecular complexity index is 542. The van der Waals surface area contributed by atoms with E-state index in [1.165, 1.54) is 12.7 Å². The maximum atomic E-state index is 11.7. The average molecular weight is 231 g/mol. The average Bonchev–Trinajstić information content (AvgIpc) is 2.73. The minimum Gasteiger partial charge on any atom is -0.467 e. The molecule has 0 N–H and O–H groups in total. The van der Waals surface area contributed by atoms with Gasteiger partial charge in [-0.05, 0) is 36.9 Å². The number of hydrogen-bond donors (Lipinski definition) is 0. The van der Waals surface area contributed by atoms with E-state index in [2.05, 4.69) is 25.1 Å². The Morgan fingerprint density at radius 1 is 1.41 bits per heavy atom. The van der Waals surface area contributed by atoms with Crippen LogP contribution in [0.15, 0.2) is 30.5 Å². The Morgan fingerprint density at radius 2 is 2.18 bits per heavy atom. The first kappa shape index (κ1) is 11.7. The second-order valence-electron chi connectivity index (χ2n) is 4.23. The van der Waals surface area contributed by atoms with Crippen molar-refractivity contribution in [3.05, 3.63) is 36.0 Å². The maximum Gasteiger partial charge on any atom is 0.328 e. The van der Waals surface area contributed by atoms with E-state index in [0.717, 1.165) is 17.3 Å². The number of aryl methyl sites for hydroxylation is 1. The Labute approximate surface area is 101 Å². The van der Waals surface area contributed by atoms with E-state index < -0.39 is 0 Å². The third-order valence-electron chi connectivity index (χ3n) is 3.07. The molecule has 90 valence electrons. The van der Waals surface area contributed by atoms with Crippen LogP contribution in [0.1, 0.15) is 24.9 Å². The summed E-state index contributed by atoms with van der Waals surface area (Å²) in [6, 6.07) is 8.03. The zero-order valence-corrected chi connectivity index (χ0v) is 10.4. The fourth-order valence-corrected chi connectivity index (χ4v) is 2.17. The van der Waals surface area contributed by atoms with E-state index in [1.54, 1.807) is 0 Å². The molecule has 1 heterocycles. The fourth-order valence-electron chi connectivity index (χ4n) is 2.17. The van der Waals surface area contributed by atoms with Gasteiger partial charge in [0.05, 0.1) is 7.11 Å². The number of nitrogens with zero attached hydrogens (tertiary/aromatic N) is 1. The predicted octanol–water partition coefficient (Wildman–Crippen LogP) is 3.07. The number of methoxy groups -OCH3 is 1. The molecule has 2 aromatic rings. The van der Waals surface area contributed by atoms with E-state index in [1.807, 2.05) is 23.8 Å². The number of esters is 1. The Balaban J connectivity index is 2.51. The van der Waals surface area contributed by atoms with Crippen molar-refractivity contribution >= 4 is 16.9 Å². The molecule has 0 amide bonds. The molecule has 0 saturated heterocycles. The first-order chi connectivity index (χ1) is 8.17. The summed E-state index contributed by atoms with van der Waals surface area (Å²) >= 11 is 0. The van der Waals surface area contributed by atoms with E-state index in [0.29, 0.717) is 0 Å². The Kier molecular flexibility index (Phi) is 3.18. The summed E-state index contributed by atoms with van der Waals surface area (Å²) in [5.74, 6) is -0.189. The van der Waals surface area contributed by atoms with Crippen molar-refractivity contribution in [1.82, 2.24) is 4.57 Å². The predicted molar refractivity (Wildman–Crippen MR) is 68.0 cm³/mol. The van der Waals surface area contributed by atoms with Crippen molar-refractivity contribution in [2.45, 2.75) is 26.3 Å². The summed E-state index contributed by atoms with van der Waals surface area (Å²) in [5.41, 5.74) is 2.30. The van der Waals surface area contributed by atoms with Crippen LogP contribution in [0.3, 0.4) is 0 Å². The fraction of sp³-hybridized carbons (Fsp3) is 0.357. The molecule has 2 rings (SSSR count). The number of ether oxygens (including phenoxy) is 1. The highest BCUT2D eigenvalue weighted by Crippen LogP contribution is 2.23. The summed E-state index contributed by atoms with van der Waals surface area (Å²) in [6.07, 6.45) is 2.68. The minimum atomic E-state index is -0.236. The number of aromatic nitrogens is 1. The van der Waals surface area contributed by atoms with Gasteiger partial charge in [-0.2, -0.15) is 0 Å². The quantitative estimate of drug-likeness (QED) is 0.760. The monoisotopic (exact) mass is 231 g/mol. The van der Waals surface area contributed by atoms with Gasteiger partial charge in [-0.15, -0.1) is 0 Å². The number of carbonyl (C=O) groups is 1. The molecule has 1 aromatic carbocycles. The van der Waals surface area contributed by atoms with E-state index in [-0.39, 0.29) is 12.0 Å². The van der Waals surface area contributed by atoms with Crippen molar-refractivity contribution in [1.29, 1.82) is 0 Å². The molecule has 0 spiro atoms. The molecule has 0 fully saturated rings. The molecule has 0 aliphatic heterocycles. The largest absolute Gasteiger partial charge is 0.467 e. The molecule has 0 aliphatic carbocycles. The molecular formula is C14H17NO2. The van der Waals surface area contributed by atoms with Gasteiger partial charge in [0, 0.05) is 11.7 Å². The van der Waals surface area contributed by atoms with Crippen molar-refractivity contribution in [3.63, 3.8) is 0 Å². The number of hydrogen-bond acceptors (Lipinski definition) is 2. The van der Waals surface area contributed by atoms with Crippen LogP contribution in [-0.2, 0) is 9.53 Å². The van der Waals surface area contributed by atoms with Gasteiger partial charge < -0.3 is 9.30 Å². The third kappa shape index (κ3) is 2.05. The van der Waals surface area contributed by atoms with Crippen molar-refractivity contribution in [2.75, 3.05) is 7.11 Å². The van der Waals surface area contributed by atoms with Gasteiger partial charge in [0.15, 0.2) is 0 Å². The normalized spacial score (nSPS) is 12.6. The highest BCUT2D eigenvalue weighted by atomic mass is 16.5. The highest BCUT2D eigenvalue weighted by molar-refractivity contribution is 5.84. The smallest absolute Gasteiger partial charge is 0.328 e. The van der Waals surface area contributed by atoms with Crippen molar-refractivity contribution in [2.24, 2.45) is 0 Å². The lowest BCUT2D eigenvalue weighted by molar-refractivity contribution is -0.144. The van der Waals surface area contributed by atoms with Crippen LogP contribution in [0.5, 0.6) is 0 Å². The van der Waals surface area contributed by atoms with Crippen LogP contribution in [0.4, 0.5) is 0 Å². The molecule has 1 unspecified atom stereocenters. The maximum absolute atomic E-state index is 11.7.